The molecule has 0 aliphatic rings. The first-order valence-electron chi connectivity index (χ1n) is 1.78. The second-order valence-electron chi connectivity index (χ2n) is 0.906. The first-order valence-corrected chi connectivity index (χ1v) is 1.78. The molecular weight excluding hydrogens is 64.0 g/mol. The zero-order valence-corrected chi connectivity index (χ0v) is 3.44. The predicted octanol–water partition coefficient (Wildman–Crippen LogP) is -0.125. The summed E-state index contributed by atoms with van der Waals surface area (Å²) in [7, 11) is 0. The second kappa shape index (κ2) is 3.92. The maximum atomic E-state index is 4.76. The van der Waals surface area contributed by atoms with Gasteiger partial charge in [0.25, 0.3) is 0 Å². The van der Waals surface area contributed by atoms with Crippen LogP contribution in [0.3, 0.4) is 0 Å². The monoisotopic (exact) mass is 73.1 g/mol. The summed E-state index contributed by atoms with van der Waals surface area (Å²) in [5, 5.41) is 0. The van der Waals surface area contributed by atoms with Gasteiger partial charge in [-0.1, -0.05) is 6.92 Å². The number of hydrogen-bond acceptors (Lipinski definition) is 1. The molecule has 0 atom stereocenters. The summed E-state index contributed by atoms with van der Waals surface area (Å²) in [5.74, 6) is 4.76. The first kappa shape index (κ1) is 4.92. The Kier molecular flexibility index (Phi) is 3.86. The van der Waals surface area contributed by atoms with Crippen molar-refractivity contribution in [1.29, 1.82) is 0 Å². The van der Waals surface area contributed by atoms with Crippen LogP contribution < -0.4 is 11.3 Å². The van der Waals surface area contributed by atoms with Gasteiger partial charge in [-0.2, -0.15) is 5.43 Å². The van der Waals surface area contributed by atoms with Gasteiger partial charge in [-0.25, -0.2) is 0 Å². The standard InChI is InChI=1S/C3H9N2/c1-2-3-5-4/h2-4H2,1H3. The summed E-state index contributed by atoms with van der Waals surface area (Å²) in [6.07, 6.45) is 1.05. The van der Waals surface area contributed by atoms with Crippen molar-refractivity contribution < 1.29 is 0 Å². The average Bonchev–Trinajstić information content (AvgIpc) is 1.41. The van der Waals surface area contributed by atoms with E-state index in [-0.39, 0.29) is 0 Å². The summed E-state index contributed by atoms with van der Waals surface area (Å²) >= 11 is 0. The molecule has 5 heavy (non-hydrogen) atoms. The number of nitrogens with zero attached hydrogens (tertiary/aromatic N) is 1. The zero-order valence-electron chi connectivity index (χ0n) is 3.44. The fourth-order valence-corrected chi connectivity index (χ4v) is 0.129. The molecule has 0 aliphatic carbocycles. The van der Waals surface area contributed by atoms with E-state index in [1.54, 1.807) is 0 Å². The molecule has 31 valence electrons. The lowest BCUT2D eigenvalue weighted by atomic mass is 10.5. The Morgan fingerprint density at radius 1 is 1.80 bits per heavy atom. The van der Waals surface area contributed by atoms with Gasteiger partial charge in [0.1, 0.15) is 0 Å². The van der Waals surface area contributed by atoms with E-state index in [0.29, 0.717) is 0 Å². The van der Waals surface area contributed by atoms with E-state index in [2.05, 4.69) is 5.43 Å². The quantitative estimate of drug-likeness (QED) is 0.359. The lowest BCUT2D eigenvalue weighted by molar-refractivity contribution is 0.699. The topological polar surface area (TPSA) is 40.1 Å². The van der Waals surface area contributed by atoms with Gasteiger partial charge in [-0.3, -0.25) is 5.84 Å². The molecule has 0 aromatic rings. The molecule has 0 saturated heterocycles. The molecule has 0 bridgehead atoms. The van der Waals surface area contributed by atoms with Crippen molar-refractivity contribution in [2.24, 2.45) is 5.84 Å². The molecule has 0 spiro atoms. The van der Waals surface area contributed by atoms with E-state index < -0.39 is 0 Å². The van der Waals surface area contributed by atoms with Crippen LogP contribution in [0.15, 0.2) is 0 Å². The molecule has 0 aromatic heterocycles. The maximum absolute atomic E-state index is 4.76. The molecule has 2 nitrogen and oxygen atoms in total. The highest BCUT2D eigenvalue weighted by Gasteiger charge is 1.67. The van der Waals surface area contributed by atoms with E-state index in [0.717, 1.165) is 13.0 Å². The Bertz CT molecular complexity index is 12.4. The van der Waals surface area contributed by atoms with Gasteiger partial charge in [-0.05, 0) is 6.42 Å². The molecule has 0 heterocycles. The first-order chi connectivity index (χ1) is 2.41. The molecule has 2 N–H and O–H groups in total. The van der Waals surface area contributed by atoms with Gasteiger partial charge < -0.3 is 0 Å². The molecule has 1 radical (unpaired) electrons. The van der Waals surface area contributed by atoms with Crippen molar-refractivity contribution >= 4 is 0 Å². The molecule has 0 unspecified atom stereocenters. The predicted molar refractivity (Wildman–Crippen MR) is 21.5 cm³/mol. The van der Waals surface area contributed by atoms with Crippen molar-refractivity contribution in [2.75, 3.05) is 6.54 Å². The van der Waals surface area contributed by atoms with Gasteiger partial charge in [0.15, 0.2) is 0 Å². The fourth-order valence-electron chi connectivity index (χ4n) is 0.129. The van der Waals surface area contributed by atoms with Crippen molar-refractivity contribution in [3.8, 4) is 0 Å². The lowest BCUT2D eigenvalue weighted by Crippen LogP contribution is -2.12. The highest BCUT2D eigenvalue weighted by Crippen LogP contribution is 1.62. The minimum atomic E-state index is 0.792. The number of hydrogen-bond donors (Lipinski definition) is 1. The third-order valence-electron chi connectivity index (χ3n) is 0.353. The van der Waals surface area contributed by atoms with Crippen LogP contribution in [-0.4, -0.2) is 6.54 Å². The second-order valence-corrected chi connectivity index (χ2v) is 0.906. The third-order valence-corrected chi connectivity index (χ3v) is 0.353. The summed E-state index contributed by atoms with van der Waals surface area (Å²) < 4.78 is 0. The van der Waals surface area contributed by atoms with Gasteiger partial charge >= 0.3 is 0 Å². The number of rotatable bonds is 2. The van der Waals surface area contributed by atoms with E-state index in [1.807, 2.05) is 6.92 Å². The average molecular weight is 73.1 g/mol. The Hall–Kier alpha value is -0.0800. The molecule has 0 aliphatic heterocycles. The molecule has 0 fully saturated rings. The smallest absolute Gasteiger partial charge is 0.0299 e. The van der Waals surface area contributed by atoms with Crippen molar-refractivity contribution in [2.45, 2.75) is 13.3 Å². The lowest BCUT2D eigenvalue weighted by Gasteiger charge is -1.81. The van der Waals surface area contributed by atoms with Gasteiger partial charge in [0.05, 0.1) is 0 Å². The van der Waals surface area contributed by atoms with Crippen LogP contribution in [-0.2, 0) is 0 Å². The molecule has 0 amide bonds. The van der Waals surface area contributed by atoms with Crippen LogP contribution >= 0.6 is 0 Å². The van der Waals surface area contributed by atoms with Gasteiger partial charge in [0, 0.05) is 6.54 Å². The van der Waals surface area contributed by atoms with E-state index in [4.69, 9.17) is 5.84 Å². The SMILES string of the molecule is CCC[N]N. The Morgan fingerprint density at radius 2 is 2.40 bits per heavy atom. The summed E-state index contributed by atoms with van der Waals surface area (Å²) in [6, 6.07) is 0. The van der Waals surface area contributed by atoms with Gasteiger partial charge in [-0.15, -0.1) is 0 Å². The fraction of sp³-hybridized carbons (Fsp3) is 1.00. The van der Waals surface area contributed by atoms with Gasteiger partial charge in [0.2, 0.25) is 0 Å². The van der Waals surface area contributed by atoms with Crippen LogP contribution in [0.4, 0.5) is 0 Å². The largest absolute Gasteiger partial charge is 0.254 e. The Labute approximate surface area is 32.3 Å². The molecule has 0 saturated carbocycles. The maximum Gasteiger partial charge on any atom is 0.0299 e. The van der Waals surface area contributed by atoms with Crippen LogP contribution in [0.1, 0.15) is 13.3 Å². The summed E-state index contributed by atoms with van der Waals surface area (Å²) in [6.45, 7) is 2.83. The Morgan fingerprint density at radius 3 is 2.40 bits per heavy atom. The minimum Gasteiger partial charge on any atom is -0.254 e. The van der Waals surface area contributed by atoms with Crippen LogP contribution in [0.25, 0.3) is 0 Å². The molecule has 2 heteroatoms. The third kappa shape index (κ3) is 3.92. The molecular formula is C3H9N2. The highest BCUT2D eigenvalue weighted by atomic mass is 15.2. The normalized spacial score (nSPS) is 8.40. The Balaban J connectivity index is 2.19. The summed E-state index contributed by atoms with van der Waals surface area (Å²) in [4.78, 5) is 0. The minimum absolute atomic E-state index is 0.792. The van der Waals surface area contributed by atoms with Crippen molar-refractivity contribution in [3.05, 3.63) is 0 Å². The van der Waals surface area contributed by atoms with Crippen LogP contribution in [0.2, 0.25) is 0 Å². The molecule has 0 rings (SSSR count). The zero-order chi connectivity index (χ0) is 4.12. The van der Waals surface area contributed by atoms with Crippen molar-refractivity contribution in [1.82, 2.24) is 5.43 Å². The van der Waals surface area contributed by atoms with E-state index >= 15 is 0 Å². The van der Waals surface area contributed by atoms with E-state index in [1.165, 1.54) is 0 Å². The van der Waals surface area contributed by atoms with E-state index in [9.17, 15) is 0 Å². The number of nitrogens with two attached hydrogens (primary N) is 1. The molecule has 0 aromatic carbocycles. The highest BCUT2D eigenvalue weighted by molar-refractivity contribution is 4.24. The van der Waals surface area contributed by atoms with Crippen molar-refractivity contribution in [3.63, 3.8) is 0 Å². The summed E-state index contributed by atoms with van der Waals surface area (Å²) in [5.41, 5.74) is 3.35. The van der Waals surface area contributed by atoms with Crippen LogP contribution in [0.5, 0.6) is 0 Å². The van der Waals surface area contributed by atoms with Crippen LogP contribution in [0, 0.1) is 0 Å².